The third-order valence-electron chi connectivity index (χ3n) is 2.02. The van der Waals surface area contributed by atoms with Crippen molar-refractivity contribution in [1.29, 1.82) is 0 Å². The molecule has 0 atom stereocenters. The van der Waals surface area contributed by atoms with Crippen molar-refractivity contribution in [2.24, 2.45) is 10.7 Å². The van der Waals surface area contributed by atoms with Gasteiger partial charge in [0.05, 0.1) is 5.71 Å². The molecule has 1 aliphatic rings. The third-order valence-corrected chi connectivity index (χ3v) is 2.02. The molecule has 0 radical (unpaired) electrons. The lowest BCUT2D eigenvalue weighted by molar-refractivity contribution is 0.373. The van der Waals surface area contributed by atoms with Crippen LogP contribution in [0.5, 0.6) is 0 Å². The SMILES string of the molecule is CN=C1CN(C)CCC1=CN. The van der Waals surface area contributed by atoms with Gasteiger partial charge in [0.2, 0.25) is 0 Å². The van der Waals surface area contributed by atoms with E-state index in [1.807, 2.05) is 7.05 Å². The Morgan fingerprint density at radius 3 is 2.91 bits per heavy atom. The Labute approximate surface area is 67.6 Å². The molecule has 0 bridgehead atoms. The molecule has 1 rings (SSSR count). The maximum absolute atomic E-state index is 5.45. The summed E-state index contributed by atoms with van der Waals surface area (Å²) < 4.78 is 0. The van der Waals surface area contributed by atoms with Gasteiger partial charge < -0.3 is 10.6 Å². The van der Waals surface area contributed by atoms with Gasteiger partial charge in [0.15, 0.2) is 0 Å². The second-order valence-electron chi connectivity index (χ2n) is 2.85. The van der Waals surface area contributed by atoms with Gasteiger partial charge in [-0.1, -0.05) is 0 Å². The summed E-state index contributed by atoms with van der Waals surface area (Å²) in [6.45, 7) is 2.02. The van der Waals surface area contributed by atoms with Crippen LogP contribution in [-0.4, -0.2) is 37.8 Å². The lowest BCUT2D eigenvalue weighted by Crippen LogP contribution is -2.34. The molecule has 3 heteroatoms. The molecule has 0 aromatic carbocycles. The minimum Gasteiger partial charge on any atom is -0.404 e. The van der Waals surface area contributed by atoms with Gasteiger partial charge in [-0.05, 0) is 25.2 Å². The van der Waals surface area contributed by atoms with Gasteiger partial charge in [0.25, 0.3) is 0 Å². The molecule has 2 N–H and O–H groups in total. The van der Waals surface area contributed by atoms with Gasteiger partial charge in [-0.15, -0.1) is 0 Å². The summed E-state index contributed by atoms with van der Waals surface area (Å²) in [6.07, 6.45) is 2.70. The highest BCUT2D eigenvalue weighted by atomic mass is 15.1. The molecule has 0 spiro atoms. The van der Waals surface area contributed by atoms with E-state index in [2.05, 4.69) is 16.9 Å². The predicted molar refractivity (Wildman–Crippen MR) is 47.7 cm³/mol. The van der Waals surface area contributed by atoms with Crippen LogP contribution >= 0.6 is 0 Å². The van der Waals surface area contributed by atoms with Crippen molar-refractivity contribution in [2.45, 2.75) is 6.42 Å². The summed E-state index contributed by atoms with van der Waals surface area (Å²) >= 11 is 0. The zero-order valence-corrected chi connectivity index (χ0v) is 7.17. The highest BCUT2D eigenvalue weighted by Crippen LogP contribution is 2.10. The number of aliphatic imine (C=N–C) groups is 1. The van der Waals surface area contributed by atoms with E-state index >= 15 is 0 Å². The van der Waals surface area contributed by atoms with Crippen LogP contribution in [0.1, 0.15) is 6.42 Å². The molecule has 1 saturated heterocycles. The number of nitrogens with zero attached hydrogens (tertiary/aromatic N) is 2. The molecule has 3 nitrogen and oxygen atoms in total. The monoisotopic (exact) mass is 153 g/mol. The third kappa shape index (κ3) is 1.80. The summed E-state index contributed by atoms with van der Waals surface area (Å²) in [6, 6.07) is 0. The van der Waals surface area contributed by atoms with Crippen molar-refractivity contribution >= 4 is 5.71 Å². The molecule has 0 saturated carbocycles. The molecule has 0 amide bonds. The fourth-order valence-corrected chi connectivity index (χ4v) is 1.29. The minimum atomic E-state index is 0.930. The Morgan fingerprint density at radius 1 is 1.64 bits per heavy atom. The quantitative estimate of drug-likeness (QED) is 0.541. The van der Waals surface area contributed by atoms with E-state index in [1.165, 1.54) is 5.57 Å². The summed E-state index contributed by atoms with van der Waals surface area (Å²) in [7, 11) is 3.91. The zero-order valence-electron chi connectivity index (χ0n) is 7.17. The minimum absolute atomic E-state index is 0.930. The van der Waals surface area contributed by atoms with Crippen molar-refractivity contribution in [3.63, 3.8) is 0 Å². The molecule has 11 heavy (non-hydrogen) atoms. The van der Waals surface area contributed by atoms with Crippen LogP contribution in [0.2, 0.25) is 0 Å². The summed E-state index contributed by atoms with van der Waals surface area (Å²) in [5.41, 5.74) is 7.78. The molecule has 0 aromatic rings. The van der Waals surface area contributed by atoms with Gasteiger partial charge in [-0.2, -0.15) is 0 Å². The van der Waals surface area contributed by atoms with Crippen molar-refractivity contribution in [3.05, 3.63) is 11.8 Å². The molecule has 0 aliphatic carbocycles. The molecule has 1 aliphatic heterocycles. The Morgan fingerprint density at radius 2 is 2.36 bits per heavy atom. The van der Waals surface area contributed by atoms with Gasteiger partial charge in [0.1, 0.15) is 0 Å². The zero-order chi connectivity index (χ0) is 8.27. The first-order chi connectivity index (χ1) is 5.27. The molecule has 1 fully saturated rings. The van der Waals surface area contributed by atoms with Crippen LogP contribution in [0.25, 0.3) is 0 Å². The number of nitrogens with two attached hydrogens (primary N) is 1. The first kappa shape index (κ1) is 8.27. The summed E-state index contributed by atoms with van der Waals surface area (Å²) in [4.78, 5) is 6.42. The first-order valence-electron chi connectivity index (χ1n) is 3.83. The van der Waals surface area contributed by atoms with E-state index in [0.717, 1.165) is 25.2 Å². The maximum Gasteiger partial charge on any atom is 0.0531 e. The Bertz CT molecular complexity index is 194. The normalized spacial score (nSPS) is 28.2. The van der Waals surface area contributed by atoms with Crippen LogP contribution in [0.3, 0.4) is 0 Å². The van der Waals surface area contributed by atoms with Crippen molar-refractivity contribution in [3.8, 4) is 0 Å². The van der Waals surface area contributed by atoms with Gasteiger partial charge in [-0.3, -0.25) is 4.99 Å². The summed E-state index contributed by atoms with van der Waals surface area (Å²) in [5.74, 6) is 0. The highest BCUT2D eigenvalue weighted by molar-refractivity contribution is 6.02. The fraction of sp³-hybridized carbons (Fsp3) is 0.625. The van der Waals surface area contributed by atoms with Crippen LogP contribution in [0.4, 0.5) is 0 Å². The van der Waals surface area contributed by atoms with Gasteiger partial charge in [-0.25, -0.2) is 0 Å². The maximum atomic E-state index is 5.45. The second-order valence-corrected chi connectivity index (χ2v) is 2.85. The van der Waals surface area contributed by atoms with E-state index in [-0.39, 0.29) is 0 Å². The van der Waals surface area contributed by atoms with Crippen LogP contribution in [0.15, 0.2) is 16.8 Å². The number of hydrogen-bond acceptors (Lipinski definition) is 3. The average Bonchev–Trinajstić information content (AvgIpc) is 2.04. The van der Waals surface area contributed by atoms with Crippen molar-refractivity contribution in [1.82, 2.24) is 4.90 Å². The Balaban J connectivity index is 2.72. The standard InChI is InChI=1S/C8H15N3/c1-10-8-6-11(2)4-3-7(8)5-9/h5H,3-4,6,9H2,1-2H3. The number of hydrogen-bond donors (Lipinski definition) is 1. The molecule has 62 valence electrons. The van der Waals surface area contributed by atoms with E-state index in [9.17, 15) is 0 Å². The predicted octanol–water partition coefficient (Wildman–Crippen LogP) is 0.235. The largest absolute Gasteiger partial charge is 0.404 e. The lowest BCUT2D eigenvalue weighted by atomic mass is 10.0. The highest BCUT2D eigenvalue weighted by Gasteiger charge is 2.15. The number of rotatable bonds is 0. The molecule has 1 heterocycles. The molecular formula is C8H15N3. The van der Waals surface area contributed by atoms with E-state index in [1.54, 1.807) is 6.20 Å². The molecule has 0 unspecified atom stereocenters. The van der Waals surface area contributed by atoms with E-state index in [0.29, 0.717) is 0 Å². The van der Waals surface area contributed by atoms with E-state index < -0.39 is 0 Å². The second kappa shape index (κ2) is 3.53. The first-order valence-corrected chi connectivity index (χ1v) is 3.83. The van der Waals surface area contributed by atoms with E-state index in [4.69, 9.17) is 5.73 Å². The Hall–Kier alpha value is -0.830. The average molecular weight is 153 g/mol. The molecule has 0 aromatic heterocycles. The van der Waals surface area contributed by atoms with Crippen LogP contribution < -0.4 is 5.73 Å². The Kier molecular flexibility index (Phi) is 2.65. The topological polar surface area (TPSA) is 41.6 Å². The van der Waals surface area contributed by atoms with Crippen molar-refractivity contribution < 1.29 is 0 Å². The number of likely N-dealkylation sites (tertiary alicyclic amines) is 1. The summed E-state index contributed by atoms with van der Waals surface area (Å²) in [5, 5.41) is 0. The fourth-order valence-electron chi connectivity index (χ4n) is 1.29. The molecular weight excluding hydrogens is 138 g/mol. The lowest BCUT2D eigenvalue weighted by Gasteiger charge is -2.25. The van der Waals surface area contributed by atoms with Gasteiger partial charge in [0, 0.05) is 20.1 Å². The van der Waals surface area contributed by atoms with Crippen LogP contribution in [-0.2, 0) is 0 Å². The van der Waals surface area contributed by atoms with Crippen molar-refractivity contribution in [2.75, 3.05) is 27.2 Å². The number of piperidine rings is 1. The smallest absolute Gasteiger partial charge is 0.0531 e. The van der Waals surface area contributed by atoms with Crippen LogP contribution in [0, 0.1) is 0 Å². The van der Waals surface area contributed by atoms with Gasteiger partial charge >= 0.3 is 0 Å².